The monoisotopic (exact) mass is 732 g/mol. The Balaban J connectivity index is 1.04. The van der Waals surface area contributed by atoms with Crippen LogP contribution in [0.15, 0.2) is 206 Å². The SMILES string of the molecule is N#Cc1cccc(CN2C(c3ccccc3)[N@@]2Cc2cccc(Nc3cc4c(cc3-c3ccccc3)C(c3ccccc3)(c3ccccc3)c3ccccc3-4)c2)c1. The second kappa shape index (κ2) is 14.6. The fourth-order valence-electron chi connectivity index (χ4n) is 9.03. The van der Waals surface area contributed by atoms with E-state index in [-0.39, 0.29) is 6.17 Å². The summed E-state index contributed by atoms with van der Waals surface area (Å²) in [5, 5.41) is 18.3. The fourth-order valence-corrected chi connectivity index (χ4v) is 9.03. The van der Waals surface area contributed by atoms with Crippen LogP contribution >= 0.6 is 0 Å². The van der Waals surface area contributed by atoms with E-state index in [0.717, 1.165) is 41.2 Å². The van der Waals surface area contributed by atoms with Gasteiger partial charge in [0.1, 0.15) is 6.17 Å². The van der Waals surface area contributed by atoms with Crippen LogP contribution in [-0.2, 0) is 18.5 Å². The van der Waals surface area contributed by atoms with E-state index < -0.39 is 5.41 Å². The van der Waals surface area contributed by atoms with Crippen LogP contribution in [0.1, 0.15) is 50.7 Å². The maximum atomic E-state index is 9.53. The molecule has 272 valence electrons. The van der Waals surface area contributed by atoms with Crippen molar-refractivity contribution in [3.05, 3.63) is 251 Å². The number of benzene rings is 8. The van der Waals surface area contributed by atoms with E-state index in [1.54, 1.807) is 0 Å². The van der Waals surface area contributed by atoms with Gasteiger partial charge in [-0.15, -0.1) is 0 Å². The molecule has 1 aliphatic heterocycles. The van der Waals surface area contributed by atoms with Crippen molar-refractivity contribution >= 4 is 11.4 Å². The average molecular weight is 733 g/mol. The molecule has 2 aliphatic rings. The zero-order valence-electron chi connectivity index (χ0n) is 31.5. The molecular weight excluding hydrogens is 693 g/mol. The van der Waals surface area contributed by atoms with Gasteiger partial charge in [-0.2, -0.15) is 5.26 Å². The first-order valence-corrected chi connectivity index (χ1v) is 19.6. The van der Waals surface area contributed by atoms with Crippen molar-refractivity contribution < 1.29 is 0 Å². The van der Waals surface area contributed by atoms with Crippen LogP contribution in [-0.4, -0.2) is 10.0 Å². The summed E-state index contributed by atoms with van der Waals surface area (Å²) in [5.41, 5.74) is 15.8. The molecule has 1 aliphatic carbocycles. The smallest absolute Gasteiger partial charge is 0.116 e. The van der Waals surface area contributed by atoms with Crippen molar-refractivity contribution in [3.8, 4) is 28.3 Å². The van der Waals surface area contributed by atoms with Gasteiger partial charge in [0.05, 0.1) is 17.0 Å². The Morgan fingerprint density at radius 2 is 1.07 bits per heavy atom. The van der Waals surface area contributed by atoms with Gasteiger partial charge in [0.25, 0.3) is 0 Å². The van der Waals surface area contributed by atoms with Gasteiger partial charge in [-0.3, -0.25) is 0 Å². The summed E-state index contributed by atoms with van der Waals surface area (Å²) in [6.07, 6.45) is 0.157. The summed E-state index contributed by atoms with van der Waals surface area (Å²) < 4.78 is 0. The zero-order valence-corrected chi connectivity index (χ0v) is 31.5. The van der Waals surface area contributed by atoms with Crippen LogP contribution < -0.4 is 5.32 Å². The molecule has 0 saturated carbocycles. The third kappa shape index (κ3) is 6.20. The first kappa shape index (κ1) is 34.5. The summed E-state index contributed by atoms with van der Waals surface area (Å²) >= 11 is 0. The largest absolute Gasteiger partial charge is 0.355 e. The Morgan fingerprint density at radius 1 is 0.491 bits per heavy atom. The molecule has 3 atom stereocenters. The van der Waals surface area contributed by atoms with Crippen LogP contribution in [0.2, 0.25) is 0 Å². The zero-order chi connectivity index (χ0) is 38.2. The lowest BCUT2D eigenvalue weighted by Crippen LogP contribution is -2.28. The highest BCUT2D eigenvalue weighted by Gasteiger charge is 2.47. The van der Waals surface area contributed by atoms with Gasteiger partial charge in [0.2, 0.25) is 0 Å². The summed E-state index contributed by atoms with van der Waals surface area (Å²) in [7, 11) is 0. The van der Waals surface area contributed by atoms with E-state index in [9.17, 15) is 5.26 Å². The number of fused-ring (bicyclic) bond motifs is 3. The number of nitrogens with zero attached hydrogens (tertiary/aromatic N) is 3. The molecule has 4 nitrogen and oxygen atoms in total. The van der Waals surface area contributed by atoms with Crippen molar-refractivity contribution in [1.29, 1.82) is 5.26 Å². The molecule has 0 spiro atoms. The van der Waals surface area contributed by atoms with Crippen LogP contribution in [0.3, 0.4) is 0 Å². The molecule has 2 unspecified atom stereocenters. The summed E-state index contributed by atoms with van der Waals surface area (Å²) in [5.74, 6) is 0. The highest BCUT2D eigenvalue weighted by Crippen LogP contribution is 2.58. The minimum atomic E-state index is -0.480. The van der Waals surface area contributed by atoms with Crippen molar-refractivity contribution in [1.82, 2.24) is 10.0 Å². The van der Waals surface area contributed by atoms with Crippen LogP contribution in [0.5, 0.6) is 0 Å². The molecule has 0 bridgehead atoms. The van der Waals surface area contributed by atoms with Gasteiger partial charge in [-0.25, -0.2) is 10.0 Å². The molecule has 1 heterocycles. The van der Waals surface area contributed by atoms with Gasteiger partial charge in [0.15, 0.2) is 0 Å². The number of hydrogen-bond acceptors (Lipinski definition) is 4. The quantitative estimate of drug-likeness (QED) is 0.142. The molecule has 1 fully saturated rings. The molecule has 0 aromatic heterocycles. The summed E-state index contributed by atoms with van der Waals surface area (Å²) in [6.45, 7) is 1.49. The molecule has 10 rings (SSSR count). The van der Waals surface area contributed by atoms with E-state index in [0.29, 0.717) is 5.56 Å². The molecule has 8 aromatic carbocycles. The minimum Gasteiger partial charge on any atom is -0.355 e. The number of rotatable bonds is 10. The lowest BCUT2D eigenvalue weighted by Gasteiger charge is -2.34. The lowest BCUT2D eigenvalue weighted by molar-refractivity contribution is 0.293. The topological polar surface area (TPSA) is 41.8 Å². The number of anilines is 2. The maximum Gasteiger partial charge on any atom is 0.116 e. The average Bonchev–Trinajstić information content (AvgIpc) is 3.86. The Kier molecular flexibility index (Phi) is 8.80. The molecule has 4 heteroatoms. The highest BCUT2D eigenvalue weighted by molar-refractivity contribution is 5.94. The van der Waals surface area contributed by atoms with Crippen LogP contribution in [0, 0.1) is 11.3 Å². The van der Waals surface area contributed by atoms with Crippen molar-refractivity contribution in [2.24, 2.45) is 0 Å². The normalized spacial score (nSPS) is 17.2. The summed E-state index contributed by atoms with van der Waals surface area (Å²) in [6, 6.07) is 76.2. The van der Waals surface area contributed by atoms with E-state index >= 15 is 0 Å². The molecular formula is C53H40N4. The molecule has 0 amide bonds. The number of hydrazine groups is 1. The highest BCUT2D eigenvalue weighted by atomic mass is 15.9. The second-order valence-corrected chi connectivity index (χ2v) is 15.0. The first-order chi connectivity index (χ1) is 28.2. The molecule has 1 saturated heterocycles. The summed E-state index contributed by atoms with van der Waals surface area (Å²) in [4.78, 5) is 0. The van der Waals surface area contributed by atoms with Crippen molar-refractivity contribution in [2.45, 2.75) is 24.7 Å². The van der Waals surface area contributed by atoms with Gasteiger partial charge in [-0.05, 0) is 92.0 Å². The molecule has 57 heavy (non-hydrogen) atoms. The van der Waals surface area contributed by atoms with Gasteiger partial charge in [-0.1, -0.05) is 170 Å². The maximum absolute atomic E-state index is 9.53. The van der Waals surface area contributed by atoms with Crippen molar-refractivity contribution in [2.75, 3.05) is 5.32 Å². The first-order valence-electron chi connectivity index (χ1n) is 19.6. The Hall–Kier alpha value is -7.03. The molecule has 1 N–H and O–H groups in total. The Labute approximate surface area is 334 Å². The van der Waals surface area contributed by atoms with Crippen molar-refractivity contribution in [3.63, 3.8) is 0 Å². The van der Waals surface area contributed by atoms with E-state index in [4.69, 9.17) is 0 Å². The minimum absolute atomic E-state index is 0.157. The van der Waals surface area contributed by atoms with E-state index in [1.807, 2.05) is 18.2 Å². The third-order valence-corrected chi connectivity index (χ3v) is 11.6. The predicted molar refractivity (Wildman–Crippen MR) is 230 cm³/mol. The molecule has 8 aromatic rings. The van der Waals surface area contributed by atoms with Crippen LogP contribution in [0.4, 0.5) is 11.4 Å². The lowest BCUT2D eigenvalue weighted by atomic mass is 9.67. The molecule has 0 radical (unpaired) electrons. The van der Waals surface area contributed by atoms with E-state index in [2.05, 4.69) is 209 Å². The van der Waals surface area contributed by atoms with Gasteiger partial charge in [0, 0.05) is 30.0 Å². The predicted octanol–water partition coefficient (Wildman–Crippen LogP) is 12.3. The Bertz CT molecular complexity index is 2700. The number of nitrogens with one attached hydrogen (secondary N) is 1. The van der Waals surface area contributed by atoms with Crippen LogP contribution in [0.25, 0.3) is 22.3 Å². The number of hydrogen-bond donors (Lipinski definition) is 1. The number of nitriles is 1. The second-order valence-electron chi connectivity index (χ2n) is 15.0. The van der Waals surface area contributed by atoms with E-state index in [1.165, 1.54) is 44.5 Å². The third-order valence-electron chi connectivity index (χ3n) is 11.6. The van der Waals surface area contributed by atoms with Gasteiger partial charge < -0.3 is 5.32 Å². The standard InChI is InChI=1S/C53H40N4/c54-35-38-17-15-18-39(31-38)36-56-52(42-22-7-2-8-23-42)57(56)37-40-19-16-28-45(32-40)55-51-34-48-46-29-13-14-30-49(46)53(43-24-9-3-10-25-43,44-26-11-4-12-27-44)50(48)33-47(51)41-20-5-1-6-21-41/h1-34,52,55H,36-37H2/t52?,56?,57-/m1/s1. The van der Waals surface area contributed by atoms with Gasteiger partial charge >= 0.3 is 0 Å². The fraction of sp³-hybridized carbons (Fsp3) is 0.0755. The Morgan fingerprint density at radius 3 is 1.74 bits per heavy atom.